The molecule has 2 aliphatic rings. The van der Waals surface area contributed by atoms with Crippen molar-refractivity contribution in [1.29, 1.82) is 0 Å². The van der Waals surface area contributed by atoms with Crippen LogP contribution in [-0.4, -0.2) is 48.6 Å². The molecule has 28 heavy (non-hydrogen) atoms. The lowest BCUT2D eigenvalue weighted by molar-refractivity contribution is -0.141. The molecule has 0 aromatic heterocycles. The topological polar surface area (TPSA) is 60.9 Å². The van der Waals surface area contributed by atoms with Crippen LogP contribution in [0.5, 0.6) is 0 Å². The lowest BCUT2D eigenvalue weighted by Gasteiger charge is -2.40. The minimum absolute atomic E-state index is 0.164. The van der Waals surface area contributed by atoms with Gasteiger partial charge in [-0.15, -0.1) is 0 Å². The molecule has 1 aliphatic heterocycles. The highest BCUT2D eigenvalue weighted by molar-refractivity contribution is 5.79. The summed E-state index contributed by atoms with van der Waals surface area (Å²) in [6.07, 6.45) is 7.56. The zero-order chi connectivity index (χ0) is 19.9. The molecule has 3 rings (SSSR count). The molecule has 1 amide bonds. The third kappa shape index (κ3) is 5.49. The van der Waals surface area contributed by atoms with Gasteiger partial charge in [0.1, 0.15) is 0 Å². The molecule has 1 aliphatic carbocycles. The summed E-state index contributed by atoms with van der Waals surface area (Å²) in [5, 5.41) is 9.33. The Morgan fingerprint density at radius 2 is 1.79 bits per heavy atom. The zero-order valence-corrected chi connectivity index (χ0v) is 17.1. The zero-order valence-electron chi connectivity index (χ0n) is 17.1. The summed E-state index contributed by atoms with van der Waals surface area (Å²) in [5.41, 5.74) is 1.17. The molecule has 2 unspecified atom stereocenters. The van der Waals surface area contributed by atoms with E-state index in [2.05, 4.69) is 24.1 Å². The first kappa shape index (κ1) is 20.7. The fourth-order valence-corrected chi connectivity index (χ4v) is 4.88. The summed E-state index contributed by atoms with van der Waals surface area (Å²) in [4.78, 5) is 28.6. The lowest BCUT2D eigenvalue weighted by atomic mass is 9.80. The van der Waals surface area contributed by atoms with Crippen LogP contribution >= 0.6 is 0 Å². The number of carbonyl (C=O) groups excluding carboxylic acids is 1. The van der Waals surface area contributed by atoms with Crippen molar-refractivity contribution in [2.75, 3.05) is 31.6 Å². The van der Waals surface area contributed by atoms with Crippen molar-refractivity contribution in [1.82, 2.24) is 4.90 Å². The first-order valence-electron chi connectivity index (χ1n) is 10.8. The first-order chi connectivity index (χ1) is 13.5. The SMILES string of the molecule is CN(CCC1CN(C(=O)C2CCCCC2)CCC1CC(=O)O)c1ccccc1. The highest BCUT2D eigenvalue weighted by atomic mass is 16.4. The number of anilines is 1. The van der Waals surface area contributed by atoms with Gasteiger partial charge in [-0.05, 0) is 49.7 Å². The van der Waals surface area contributed by atoms with Crippen molar-refractivity contribution in [2.24, 2.45) is 17.8 Å². The molecule has 2 atom stereocenters. The molecule has 1 heterocycles. The highest BCUT2D eigenvalue weighted by Crippen LogP contribution is 2.32. The van der Waals surface area contributed by atoms with Gasteiger partial charge in [0.05, 0.1) is 0 Å². The number of nitrogens with zero attached hydrogens (tertiary/aromatic N) is 2. The normalized spacial score (nSPS) is 23.4. The molecule has 154 valence electrons. The van der Waals surface area contributed by atoms with E-state index < -0.39 is 5.97 Å². The van der Waals surface area contributed by atoms with Crippen LogP contribution in [-0.2, 0) is 9.59 Å². The average molecular weight is 387 g/mol. The Morgan fingerprint density at radius 1 is 1.07 bits per heavy atom. The number of carboxylic acid groups (broad SMARTS) is 1. The van der Waals surface area contributed by atoms with Gasteiger partial charge >= 0.3 is 5.97 Å². The number of carbonyl (C=O) groups is 2. The molecular weight excluding hydrogens is 352 g/mol. The van der Waals surface area contributed by atoms with Crippen LogP contribution in [0.15, 0.2) is 30.3 Å². The fourth-order valence-electron chi connectivity index (χ4n) is 4.88. The van der Waals surface area contributed by atoms with Crippen LogP contribution in [0.4, 0.5) is 5.69 Å². The molecule has 0 spiro atoms. The van der Waals surface area contributed by atoms with Crippen LogP contribution in [0, 0.1) is 17.8 Å². The van der Waals surface area contributed by atoms with E-state index in [0.717, 1.165) is 58.2 Å². The molecule has 1 aromatic rings. The number of benzene rings is 1. The highest BCUT2D eigenvalue weighted by Gasteiger charge is 2.35. The monoisotopic (exact) mass is 386 g/mol. The first-order valence-corrected chi connectivity index (χ1v) is 10.8. The molecule has 1 saturated heterocycles. The van der Waals surface area contributed by atoms with Crippen LogP contribution in [0.1, 0.15) is 51.4 Å². The molecular formula is C23H34N2O3. The summed E-state index contributed by atoms with van der Waals surface area (Å²) >= 11 is 0. The van der Waals surface area contributed by atoms with Gasteiger partial charge in [-0.2, -0.15) is 0 Å². The third-order valence-corrected chi connectivity index (χ3v) is 6.63. The quantitative estimate of drug-likeness (QED) is 0.768. The Labute approximate surface area is 168 Å². The maximum Gasteiger partial charge on any atom is 0.303 e. The summed E-state index contributed by atoms with van der Waals surface area (Å²) in [6.45, 7) is 2.31. The van der Waals surface area contributed by atoms with E-state index >= 15 is 0 Å². The minimum atomic E-state index is -0.724. The van der Waals surface area contributed by atoms with Crippen molar-refractivity contribution in [3.8, 4) is 0 Å². The number of aliphatic carboxylic acids is 1. The van der Waals surface area contributed by atoms with Crippen molar-refractivity contribution < 1.29 is 14.7 Å². The van der Waals surface area contributed by atoms with Crippen molar-refractivity contribution in [3.63, 3.8) is 0 Å². The Morgan fingerprint density at radius 3 is 2.46 bits per heavy atom. The molecule has 2 fully saturated rings. The van der Waals surface area contributed by atoms with Gasteiger partial charge in [0.15, 0.2) is 0 Å². The molecule has 1 N–H and O–H groups in total. The van der Waals surface area contributed by atoms with E-state index in [1.54, 1.807) is 0 Å². The molecule has 5 heteroatoms. The van der Waals surface area contributed by atoms with E-state index in [9.17, 15) is 14.7 Å². The van der Waals surface area contributed by atoms with Gasteiger partial charge < -0.3 is 14.9 Å². The van der Waals surface area contributed by atoms with Crippen LogP contribution in [0.3, 0.4) is 0 Å². The summed E-state index contributed by atoms with van der Waals surface area (Å²) < 4.78 is 0. The van der Waals surface area contributed by atoms with E-state index in [1.807, 2.05) is 23.1 Å². The largest absolute Gasteiger partial charge is 0.481 e. The third-order valence-electron chi connectivity index (χ3n) is 6.63. The van der Waals surface area contributed by atoms with Crippen molar-refractivity contribution >= 4 is 17.6 Å². The number of piperidine rings is 1. The van der Waals surface area contributed by atoms with Crippen molar-refractivity contribution in [3.05, 3.63) is 30.3 Å². The summed E-state index contributed by atoms with van der Waals surface area (Å²) in [5.74, 6) is 0.200. The van der Waals surface area contributed by atoms with Gasteiger partial charge in [0.25, 0.3) is 0 Å². The van der Waals surface area contributed by atoms with Crippen LogP contribution in [0.2, 0.25) is 0 Å². The second kappa shape index (κ2) is 9.94. The van der Waals surface area contributed by atoms with Crippen molar-refractivity contribution in [2.45, 2.75) is 51.4 Å². The van der Waals surface area contributed by atoms with E-state index in [1.165, 1.54) is 12.1 Å². The Hall–Kier alpha value is -2.04. The molecule has 0 bridgehead atoms. The molecule has 0 radical (unpaired) electrons. The number of para-hydroxylation sites is 1. The standard InChI is InChI=1S/C23H34N2O3/c1-24(21-10-6-3-7-11-21)14-12-20-17-25(15-13-19(20)16-22(26)27)23(28)18-8-4-2-5-9-18/h3,6-7,10-11,18-20H,2,4-5,8-9,12-17H2,1H3,(H,26,27). The second-order valence-corrected chi connectivity index (χ2v) is 8.57. The number of carboxylic acids is 1. The van der Waals surface area contributed by atoms with Crippen LogP contribution < -0.4 is 4.90 Å². The fraction of sp³-hybridized carbons (Fsp3) is 0.652. The average Bonchev–Trinajstić information content (AvgIpc) is 2.73. The second-order valence-electron chi connectivity index (χ2n) is 8.57. The Bertz CT molecular complexity index is 643. The number of hydrogen-bond acceptors (Lipinski definition) is 3. The molecule has 1 saturated carbocycles. The number of likely N-dealkylation sites (tertiary alicyclic amines) is 1. The van der Waals surface area contributed by atoms with Gasteiger partial charge in [0, 0.05) is 44.7 Å². The maximum absolute atomic E-state index is 13.0. The van der Waals surface area contributed by atoms with E-state index in [-0.39, 0.29) is 24.2 Å². The lowest BCUT2D eigenvalue weighted by Crippen LogP contribution is -2.47. The Balaban J connectivity index is 1.61. The van der Waals surface area contributed by atoms with Gasteiger partial charge in [-0.3, -0.25) is 9.59 Å². The van der Waals surface area contributed by atoms with Gasteiger partial charge in [0.2, 0.25) is 5.91 Å². The summed E-state index contributed by atoms with van der Waals surface area (Å²) in [6, 6.07) is 10.3. The van der Waals surface area contributed by atoms with Crippen LogP contribution in [0.25, 0.3) is 0 Å². The number of amides is 1. The molecule has 5 nitrogen and oxygen atoms in total. The predicted octanol–water partition coefficient (Wildman–Crippen LogP) is 4.03. The molecule has 1 aromatic carbocycles. The van der Waals surface area contributed by atoms with E-state index in [0.29, 0.717) is 5.91 Å². The maximum atomic E-state index is 13.0. The summed E-state index contributed by atoms with van der Waals surface area (Å²) in [7, 11) is 2.08. The Kier molecular flexibility index (Phi) is 7.35. The smallest absolute Gasteiger partial charge is 0.303 e. The van der Waals surface area contributed by atoms with Gasteiger partial charge in [-0.1, -0.05) is 37.5 Å². The number of hydrogen-bond donors (Lipinski definition) is 1. The van der Waals surface area contributed by atoms with Gasteiger partial charge in [-0.25, -0.2) is 0 Å². The van der Waals surface area contributed by atoms with E-state index in [4.69, 9.17) is 0 Å². The predicted molar refractivity (Wildman–Crippen MR) is 111 cm³/mol. The number of rotatable bonds is 7. The minimum Gasteiger partial charge on any atom is -0.481 e.